The third kappa shape index (κ3) is 3.72. The number of primary amides is 1. The number of rotatable bonds is 4. The van der Waals surface area contributed by atoms with Gasteiger partial charge in [-0.1, -0.05) is 12.8 Å². The summed E-state index contributed by atoms with van der Waals surface area (Å²) in [6.07, 6.45) is 3.60. The maximum Gasteiger partial charge on any atom is 0.397 e. The molecule has 6 nitrogen and oxygen atoms in total. The van der Waals surface area contributed by atoms with E-state index in [9.17, 15) is 14.4 Å². The highest BCUT2D eigenvalue weighted by molar-refractivity contribution is 6.32. The van der Waals surface area contributed by atoms with Gasteiger partial charge >= 0.3 is 11.9 Å². The fourth-order valence-corrected chi connectivity index (χ4v) is 2.06. The second-order valence-corrected chi connectivity index (χ2v) is 4.06. The lowest BCUT2D eigenvalue weighted by Gasteiger charge is -2.26. The maximum atomic E-state index is 11.8. The minimum Gasteiger partial charge on any atom is -0.459 e. The summed E-state index contributed by atoms with van der Waals surface area (Å²) in [6.45, 7) is 1.54. The molecule has 0 unspecified atom stereocenters. The summed E-state index contributed by atoms with van der Waals surface area (Å²) >= 11 is 0. The van der Waals surface area contributed by atoms with E-state index in [0.717, 1.165) is 25.7 Å². The molecule has 0 aliphatic heterocycles. The van der Waals surface area contributed by atoms with Crippen LogP contribution < -0.4 is 5.73 Å². The van der Waals surface area contributed by atoms with Crippen molar-refractivity contribution in [3.8, 4) is 0 Å². The van der Waals surface area contributed by atoms with Crippen LogP contribution in [0.25, 0.3) is 0 Å². The van der Waals surface area contributed by atoms with Gasteiger partial charge in [0.1, 0.15) is 6.54 Å². The summed E-state index contributed by atoms with van der Waals surface area (Å²) in [4.78, 5) is 35.3. The van der Waals surface area contributed by atoms with Gasteiger partial charge in [-0.05, 0) is 19.8 Å². The number of hydrogen-bond acceptors (Lipinski definition) is 4. The summed E-state index contributed by atoms with van der Waals surface area (Å²) in [7, 11) is 0. The quantitative estimate of drug-likeness (QED) is 0.546. The van der Waals surface area contributed by atoms with Crippen molar-refractivity contribution < 1.29 is 19.1 Å². The third-order valence-corrected chi connectivity index (χ3v) is 2.80. The lowest BCUT2D eigenvalue weighted by atomic mass is 10.2. The van der Waals surface area contributed by atoms with Crippen molar-refractivity contribution in [2.75, 3.05) is 13.2 Å². The Bertz CT molecular complexity index is 311. The van der Waals surface area contributed by atoms with E-state index in [0.29, 0.717) is 0 Å². The average Bonchev–Trinajstić information content (AvgIpc) is 2.78. The molecule has 0 spiro atoms. The molecular weight excluding hydrogens is 224 g/mol. The Morgan fingerprint density at radius 3 is 2.35 bits per heavy atom. The van der Waals surface area contributed by atoms with Gasteiger partial charge in [0, 0.05) is 6.04 Å². The normalized spacial score (nSPS) is 15.6. The number of amides is 2. The standard InChI is InChI=1S/C11H18N2O4/c1-2-17-11(16)10(15)13(7-9(12)14)8-5-3-4-6-8/h8H,2-7H2,1H3,(H2,12,14). The van der Waals surface area contributed by atoms with Gasteiger partial charge in [-0.25, -0.2) is 4.79 Å². The molecule has 1 saturated carbocycles. The van der Waals surface area contributed by atoms with E-state index in [-0.39, 0.29) is 19.2 Å². The van der Waals surface area contributed by atoms with Gasteiger partial charge in [0.25, 0.3) is 0 Å². The number of hydrogen-bond donors (Lipinski definition) is 1. The number of nitrogens with two attached hydrogens (primary N) is 1. The summed E-state index contributed by atoms with van der Waals surface area (Å²) in [6, 6.07) is -0.0700. The van der Waals surface area contributed by atoms with Crippen molar-refractivity contribution in [1.29, 1.82) is 0 Å². The number of carbonyl (C=O) groups is 3. The Morgan fingerprint density at radius 1 is 1.29 bits per heavy atom. The first kappa shape index (κ1) is 13.5. The van der Waals surface area contributed by atoms with E-state index in [1.54, 1.807) is 6.92 Å². The number of ether oxygens (including phenoxy) is 1. The molecule has 1 rings (SSSR count). The first-order valence-electron chi connectivity index (χ1n) is 5.82. The summed E-state index contributed by atoms with van der Waals surface area (Å²) in [5.41, 5.74) is 5.09. The monoisotopic (exact) mass is 242 g/mol. The van der Waals surface area contributed by atoms with Gasteiger partial charge in [0.15, 0.2) is 0 Å². The lowest BCUT2D eigenvalue weighted by Crippen LogP contribution is -2.47. The molecule has 2 N–H and O–H groups in total. The third-order valence-electron chi connectivity index (χ3n) is 2.80. The molecule has 2 amide bonds. The van der Waals surface area contributed by atoms with E-state index >= 15 is 0 Å². The molecule has 1 fully saturated rings. The van der Waals surface area contributed by atoms with Crippen molar-refractivity contribution in [3.63, 3.8) is 0 Å². The molecule has 1 aliphatic rings. The molecule has 0 heterocycles. The Morgan fingerprint density at radius 2 is 1.88 bits per heavy atom. The molecular formula is C11H18N2O4. The van der Waals surface area contributed by atoms with Crippen molar-refractivity contribution in [1.82, 2.24) is 4.90 Å². The van der Waals surface area contributed by atoms with Gasteiger partial charge in [-0.2, -0.15) is 0 Å². The molecule has 1 aliphatic carbocycles. The highest BCUT2D eigenvalue weighted by atomic mass is 16.5. The van der Waals surface area contributed by atoms with Crippen LogP contribution in [0.1, 0.15) is 32.6 Å². The Hall–Kier alpha value is -1.59. The average molecular weight is 242 g/mol. The fraction of sp³-hybridized carbons (Fsp3) is 0.727. The van der Waals surface area contributed by atoms with Crippen LogP contribution in [0.2, 0.25) is 0 Å². The largest absolute Gasteiger partial charge is 0.459 e. The summed E-state index contributed by atoms with van der Waals surface area (Å²) < 4.78 is 4.64. The zero-order valence-electron chi connectivity index (χ0n) is 9.98. The molecule has 0 saturated heterocycles. The van der Waals surface area contributed by atoms with Crippen LogP contribution in [-0.4, -0.2) is 41.9 Å². The van der Waals surface area contributed by atoms with Crippen LogP contribution in [0.4, 0.5) is 0 Å². The smallest absolute Gasteiger partial charge is 0.397 e. The predicted molar refractivity (Wildman–Crippen MR) is 59.8 cm³/mol. The van der Waals surface area contributed by atoms with Gasteiger partial charge in [0.2, 0.25) is 5.91 Å². The highest BCUT2D eigenvalue weighted by Crippen LogP contribution is 2.23. The second-order valence-electron chi connectivity index (χ2n) is 4.06. The van der Waals surface area contributed by atoms with Crippen LogP contribution in [-0.2, 0) is 19.1 Å². The number of esters is 1. The predicted octanol–water partition coefficient (Wildman–Crippen LogP) is -0.194. The van der Waals surface area contributed by atoms with E-state index in [1.807, 2.05) is 0 Å². The molecule has 0 atom stereocenters. The Balaban J connectivity index is 2.70. The Labute approximate surface area is 100 Å². The van der Waals surface area contributed by atoms with Crippen LogP contribution in [0.3, 0.4) is 0 Å². The van der Waals surface area contributed by atoms with Gasteiger partial charge in [0.05, 0.1) is 6.61 Å². The van der Waals surface area contributed by atoms with Gasteiger partial charge in [-0.15, -0.1) is 0 Å². The van der Waals surface area contributed by atoms with E-state index < -0.39 is 17.8 Å². The van der Waals surface area contributed by atoms with E-state index in [1.165, 1.54) is 4.90 Å². The van der Waals surface area contributed by atoms with E-state index in [4.69, 9.17) is 5.73 Å². The molecule has 6 heteroatoms. The van der Waals surface area contributed by atoms with Crippen molar-refractivity contribution in [2.24, 2.45) is 5.73 Å². The first-order chi connectivity index (χ1) is 8.06. The molecule has 0 bridgehead atoms. The van der Waals surface area contributed by atoms with Crippen molar-refractivity contribution in [3.05, 3.63) is 0 Å². The molecule has 0 aromatic rings. The fourth-order valence-electron chi connectivity index (χ4n) is 2.06. The van der Waals surface area contributed by atoms with Crippen molar-refractivity contribution in [2.45, 2.75) is 38.6 Å². The van der Waals surface area contributed by atoms with Crippen LogP contribution in [0.5, 0.6) is 0 Å². The van der Waals surface area contributed by atoms with Crippen molar-refractivity contribution >= 4 is 17.8 Å². The van der Waals surface area contributed by atoms with E-state index in [2.05, 4.69) is 4.74 Å². The summed E-state index contributed by atoms with van der Waals surface area (Å²) in [5.74, 6) is -2.30. The minimum atomic E-state index is -0.916. The molecule has 96 valence electrons. The molecule has 17 heavy (non-hydrogen) atoms. The zero-order valence-corrected chi connectivity index (χ0v) is 9.98. The van der Waals surface area contributed by atoms with Crippen LogP contribution >= 0.6 is 0 Å². The van der Waals surface area contributed by atoms with Gasteiger partial charge < -0.3 is 15.4 Å². The maximum absolute atomic E-state index is 11.8. The highest BCUT2D eigenvalue weighted by Gasteiger charge is 2.32. The molecule has 0 aromatic heterocycles. The topological polar surface area (TPSA) is 89.7 Å². The number of nitrogens with zero attached hydrogens (tertiary/aromatic N) is 1. The zero-order chi connectivity index (χ0) is 12.8. The minimum absolute atomic E-state index is 0.0700. The lowest BCUT2D eigenvalue weighted by molar-refractivity contribution is -0.161. The molecule has 0 radical (unpaired) electrons. The van der Waals surface area contributed by atoms with Crippen LogP contribution in [0, 0.1) is 0 Å². The SMILES string of the molecule is CCOC(=O)C(=O)N(CC(N)=O)C1CCCC1. The Kier molecular flexibility index (Phi) is 4.93. The number of carbonyl (C=O) groups excluding carboxylic acids is 3. The first-order valence-corrected chi connectivity index (χ1v) is 5.82. The summed E-state index contributed by atoms with van der Waals surface area (Å²) in [5, 5.41) is 0. The van der Waals surface area contributed by atoms with Crippen LogP contribution in [0.15, 0.2) is 0 Å². The molecule has 0 aromatic carbocycles. The van der Waals surface area contributed by atoms with Gasteiger partial charge in [-0.3, -0.25) is 9.59 Å². The second kappa shape index (κ2) is 6.22.